The maximum atomic E-state index is 7.08. The highest BCUT2D eigenvalue weighted by atomic mass is 35.5. The normalized spacial score (nSPS) is 11.2. The molecule has 0 aliphatic rings. The number of hydrogen-bond donors (Lipinski definition) is 2. The number of amidine groups is 1. The molecule has 1 aromatic carbocycles. The molecule has 0 fully saturated rings. The first kappa shape index (κ1) is 12.0. The van der Waals surface area contributed by atoms with E-state index in [9.17, 15) is 0 Å². The summed E-state index contributed by atoms with van der Waals surface area (Å²) in [5.74, 6) is 1.50. The van der Waals surface area contributed by atoms with Crippen LogP contribution < -0.4 is 5.73 Å². The monoisotopic (exact) mass is 262 g/mol. The SMILES string of the molecule is C#CC(=N)O/C(N)=N/c1nc2ccc(Cl)cc2o1. The molecule has 0 radical (unpaired) electrons. The summed E-state index contributed by atoms with van der Waals surface area (Å²) in [4.78, 5) is 7.76. The van der Waals surface area contributed by atoms with Crippen LogP contribution >= 0.6 is 11.6 Å². The maximum Gasteiger partial charge on any atom is 0.327 e. The van der Waals surface area contributed by atoms with Crippen molar-refractivity contribution in [1.82, 2.24) is 4.98 Å². The van der Waals surface area contributed by atoms with E-state index >= 15 is 0 Å². The van der Waals surface area contributed by atoms with E-state index in [1.54, 1.807) is 18.2 Å². The minimum Gasteiger partial charge on any atom is -0.422 e. The Kier molecular flexibility index (Phi) is 3.17. The maximum absolute atomic E-state index is 7.08. The summed E-state index contributed by atoms with van der Waals surface area (Å²) >= 11 is 5.80. The Hall–Kier alpha value is -2.52. The largest absolute Gasteiger partial charge is 0.422 e. The quantitative estimate of drug-likeness (QED) is 0.467. The van der Waals surface area contributed by atoms with Crippen LogP contribution in [-0.4, -0.2) is 16.9 Å². The average Bonchev–Trinajstić information content (AvgIpc) is 2.69. The third-order valence-electron chi connectivity index (χ3n) is 1.88. The van der Waals surface area contributed by atoms with Crippen LogP contribution in [0, 0.1) is 17.8 Å². The first-order valence-corrected chi connectivity index (χ1v) is 5.09. The zero-order valence-corrected chi connectivity index (χ0v) is 9.73. The van der Waals surface area contributed by atoms with Gasteiger partial charge in [-0.25, -0.2) is 0 Å². The lowest BCUT2D eigenvalue weighted by atomic mass is 10.3. The standard InChI is InChI=1S/C11H7ClN4O2/c1-2-9(13)18-10(14)16-11-15-7-4-3-6(12)5-8(7)17-11/h1,3-5,13H,(H2,14,15,16). The molecule has 0 amide bonds. The van der Waals surface area contributed by atoms with Gasteiger partial charge in [0.1, 0.15) is 5.52 Å². The van der Waals surface area contributed by atoms with Crippen LogP contribution in [0.3, 0.4) is 0 Å². The zero-order valence-electron chi connectivity index (χ0n) is 8.98. The van der Waals surface area contributed by atoms with Gasteiger partial charge in [-0.1, -0.05) is 11.6 Å². The van der Waals surface area contributed by atoms with Crippen molar-refractivity contribution in [2.24, 2.45) is 10.7 Å². The van der Waals surface area contributed by atoms with Crippen LogP contribution in [0.4, 0.5) is 6.01 Å². The molecule has 0 aliphatic carbocycles. The molecular formula is C11H7ClN4O2. The predicted octanol–water partition coefficient (Wildman–Crippen LogP) is 2.05. The number of nitrogens with two attached hydrogens (primary N) is 1. The van der Waals surface area contributed by atoms with Gasteiger partial charge in [0, 0.05) is 11.1 Å². The lowest BCUT2D eigenvalue weighted by molar-refractivity contribution is 0.531. The smallest absolute Gasteiger partial charge is 0.327 e. The Balaban J connectivity index is 2.29. The fraction of sp³-hybridized carbons (Fsp3) is 0. The number of rotatable bonds is 1. The lowest BCUT2D eigenvalue weighted by Gasteiger charge is -1.97. The van der Waals surface area contributed by atoms with E-state index in [-0.39, 0.29) is 12.0 Å². The molecule has 7 heteroatoms. The summed E-state index contributed by atoms with van der Waals surface area (Å²) in [5.41, 5.74) is 6.45. The third kappa shape index (κ3) is 2.59. The van der Waals surface area contributed by atoms with Crippen molar-refractivity contribution in [1.29, 1.82) is 5.41 Å². The van der Waals surface area contributed by atoms with Crippen LogP contribution in [0.1, 0.15) is 0 Å². The number of nitrogens with zero attached hydrogens (tertiary/aromatic N) is 2. The van der Waals surface area contributed by atoms with Crippen LogP contribution in [-0.2, 0) is 4.74 Å². The molecule has 0 saturated heterocycles. The average molecular weight is 263 g/mol. The molecule has 0 aliphatic heterocycles. The van der Waals surface area contributed by atoms with Crippen LogP contribution in [0.15, 0.2) is 27.6 Å². The van der Waals surface area contributed by atoms with E-state index in [0.29, 0.717) is 16.1 Å². The Morgan fingerprint density at radius 3 is 3.11 bits per heavy atom. The van der Waals surface area contributed by atoms with Crippen molar-refractivity contribution in [3.05, 3.63) is 23.2 Å². The van der Waals surface area contributed by atoms with Gasteiger partial charge < -0.3 is 14.9 Å². The van der Waals surface area contributed by atoms with Crippen LogP contribution in [0.25, 0.3) is 11.1 Å². The van der Waals surface area contributed by atoms with Gasteiger partial charge in [-0.15, -0.1) is 11.4 Å². The van der Waals surface area contributed by atoms with Gasteiger partial charge in [0.2, 0.25) is 0 Å². The molecule has 90 valence electrons. The molecule has 1 heterocycles. The molecule has 0 atom stereocenters. The summed E-state index contributed by atoms with van der Waals surface area (Å²) in [6.45, 7) is 0. The first-order valence-electron chi connectivity index (χ1n) is 4.72. The Morgan fingerprint density at radius 1 is 1.61 bits per heavy atom. The number of oxazole rings is 1. The highest BCUT2D eigenvalue weighted by molar-refractivity contribution is 6.31. The number of hydrogen-bond acceptors (Lipinski definition) is 5. The van der Waals surface area contributed by atoms with Crippen molar-refractivity contribution >= 4 is 40.6 Å². The number of terminal acetylenes is 1. The topological polar surface area (TPSA) is 97.5 Å². The van der Waals surface area contributed by atoms with Gasteiger partial charge in [0.25, 0.3) is 11.9 Å². The molecule has 2 rings (SSSR count). The summed E-state index contributed by atoms with van der Waals surface area (Å²) in [6, 6.07) is 4.63. The van der Waals surface area contributed by atoms with E-state index in [2.05, 4.69) is 14.7 Å². The van der Waals surface area contributed by atoms with Gasteiger partial charge in [0.15, 0.2) is 5.58 Å². The summed E-state index contributed by atoms with van der Waals surface area (Å²) in [5, 5.41) is 7.60. The minimum absolute atomic E-state index is 0.00501. The predicted molar refractivity (Wildman–Crippen MR) is 67.9 cm³/mol. The molecule has 0 spiro atoms. The van der Waals surface area contributed by atoms with Crippen molar-refractivity contribution in [2.45, 2.75) is 0 Å². The molecule has 3 N–H and O–H groups in total. The highest BCUT2D eigenvalue weighted by Gasteiger charge is 2.07. The number of benzene rings is 1. The fourth-order valence-corrected chi connectivity index (χ4v) is 1.35. The minimum atomic E-state index is -0.449. The van der Waals surface area contributed by atoms with Gasteiger partial charge in [-0.2, -0.15) is 4.98 Å². The second-order valence-electron chi connectivity index (χ2n) is 3.13. The molecule has 18 heavy (non-hydrogen) atoms. The third-order valence-corrected chi connectivity index (χ3v) is 2.12. The summed E-state index contributed by atoms with van der Waals surface area (Å²) in [7, 11) is 0. The van der Waals surface area contributed by atoms with E-state index < -0.39 is 5.90 Å². The van der Waals surface area contributed by atoms with Gasteiger partial charge in [-0.3, -0.25) is 5.41 Å². The molecule has 0 bridgehead atoms. The van der Waals surface area contributed by atoms with Crippen LogP contribution in [0.2, 0.25) is 5.02 Å². The van der Waals surface area contributed by atoms with Crippen molar-refractivity contribution in [3.63, 3.8) is 0 Å². The molecule has 0 saturated carbocycles. The van der Waals surface area contributed by atoms with E-state index in [1.165, 1.54) is 0 Å². The van der Waals surface area contributed by atoms with Crippen molar-refractivity contribution < 1.29 is 9.15 Å². The Labute approximate surface area is 107 Å². The van der Waals surface area contributed by atoms with Crippen molar-refractivity contribution in [2.75, 3.05) is 0 Å². The summed E-state index contributed by atoms with van der Waals surface area (Å²) < 4.78 is 9.94. The zero-order chi connectivity index (χ0) is 13.1. The number of aromatic nitrogens is 1. The van der Waals surface area contributed by atoms with Crippen LogP contribution in [0.5, 0.6) is 0 Å². The van der Waals surface area contributed by atoms with E-state index in [0.717, 1.165) is 0 Å². The lowest BCUT2D eigenvalue weighted by Crippen LogP contribution is -2.18. The fourth-order valence-electron chi connectivity index (χ4n) is 1.19. The summed E-state index contributed by atoms with van der Waals surface area (Å²) in [6.07, 6.45) is 4.93. The van der Waals surface area contributed by atoms with Crippen molar-refractivity contribution in [3.8, 4) is 12.3 Å². The molecular weight excluding hydrogens is 256 g/mol. The molecule has 1 aromatic heterocycles. The van der Waals surface area contributed by atoms with Gasteiger partial charge in [0.05, 0.1) is 0 Å². The number of aliphatic imine (C=N–C) groups is 1. The van der Waals surface area contributed by atoms with Gasteiger partial charge in [-0.05, 0) is 18.1 Å². The number of fused-ring (bicyclic) bond motifs is 1. The molecule has 6 nitrogen and oxygen atoms in total. The number of ether oxygens (including phenoxy) is 1. The Bertz CT molecular complexity index is 684. The first-order chi connectivity index (χ1) is 8.58. The molecule has 2 aromatic rings. The second-order valence-corrected chi connectivity index (χ2v) is 3.57. The van der Waals surface area contributed by atoms with E-state index in [1.807, 2.05) is 5.92 Å². The van der Waals surface area contributed by atoms with Gasteiger partial charge >= 0.3 is 6.01 Å². The second kappa shape index (κ2) is 4.77. The number of halogens is 1. The Morgan fingerprint density at radius 2 is 2.39 bits per heavy atom. The number of nitrogens with one attached hydrogen (secondary N) is 1. The van der Waals surface area contributed by atoms with E-state index in [4.69, 9.17) is 33.6 Å². The molecule has 0 unspecified atom stereocenters. The highest BCUT2D eigenvalue weighted by Crippen LogP contribution is 2.23.